The lowest BCUT2D eigenvalue weighted by atomic mass is 10.2. The van der Waals surface area contributed by atoms with E-state index >= 15 is 0 Å². The minimum Gasteiger partial charge on any atom is -0.327 e. The van der Waals surface area contributed by atoms with E-state index in [0.29, 0.717) is 5.92 Å². The number of benzene rings is 1. The highest BCUT2D eigenvalue weighted by Gasteiger charge is 2.07. The molecule has 0 radical (unpaired) electrons. The molecule has 3 heteroatoms. The summed E-state index contributed by atoms with van der Waals surface area (Å²) in [6, 6.07) is 14.6. The van der Waals surface area contributed by atoms with Crippen molar-refractivity contribution in [2.75, 3.05) is 18.0 Å². The van der Waals surface area contributed by atoms with Gasteiger partial charge in [-0.15, -0.1) is 0 Å². The Morgan fingerprint density at radius 2 is 1.86 bits per heavy atom. The fourth-order valence-electron chi connectivity index (χ4n) is 2.27. The van der Waals surface area contributed by atoms with Gasteiger partial charge in [0.05, 0.1) is 0 Å². The number of anilines is 2. The number of rotatable bonds is 7. The highest BCUT2D eigenvalue weighted by Crippen LogP contribution is 2.22. The monoisotopic (exact) mass is 283 g/mol. The van der Waals surface area contributed by atoms with Gasteiger partial charge < -0.3 is 10.2 Å². The predicted octanol–water partition coefficient (Wildman–Crippen LogP) is 3.99. The van der Waals surface area contributed by atoms with Crippen molar-refractivity contribution in [3.05, 3.63) is 54.2 Å². The van der Waals surface area contributed by atoms with E-state index in [2.05, 4.69) is 72.4 Å². The highest BCUT2D eigenvalue weighted by molar-refractivity contribution is 5.59. The lowest BCUT2D eigenvalue weighted by molar-refractivity contribution is 0.552. The van der Waals surface area contributed by atoms with Crippen LogP contribution in [-0.2, 0) is 6.54 Å². The Morgan fingerprint density at radius 3 is 2.43 bits per heavy atom. The molecule has 2 rings (SSSR count). The van der Waals surface area contributed by atoms with Gasteiger partial charge in [0, 0.05) is 25.0 Å². The van der Waals surface area contributed by atoms with Crippen LogP contribution >= 0.6 is 0 Å². The van der Waals surface area contributed by atoms with Crippen LogP contribution in [0.15, 0.2) is 48.7 Å². The number of hydrogen-bond acceptors (Lipinski definition) is 3. The zero-order valence-electron chi connectivity index (χ0n) is 13.2. The van der Waals surface area contributed by atoms with Gasteiger partial charge >= 0.3 is 0 Å². The minimum absolute atomic E-state index is 0.672. The van der Waals surface area contributed by atoms with Gasteiger partial charge in [0.15, 0.2) is 0 Å². The summed E-state index contributed by atoms with van der Waals surface area (Å²) >= 11 is 0. The van der Waals surface area contributed by atoms with Crippen molar-refractivity contribution in [3.63, 3.8) is 0 Å². The Hall–Kier alpha value is -1.87. The van der Waals surface area contributed by atoms with Crippen LogP contribution in [0.4, 0.5) is 11.5 Å². The Bertz CT molecular complexity index is 520. The van der Waals surface area contributed by atoms with E-state index in [1.54, 1.807) is 0 Å². The van der Waals surface area contributed by atoms with E-state index in [1.165, 1.54) is 11.3 Å². The number of nitrogens with zero attached hydrogens (tertiary/aromatic N) is 2. The van der Waals surface area contributed by atoms with Crippen molar-refractivity contribution in [1.82, 2.24) is 10.3 Å². The molecule has 0 atom stereocenters. The summed E-state index contributed by atoms with van der Waals surface area (Å²) in [5.74, 6) is 1.67. The molecule has 0 amide bonds. The third-order valence-corrected chi connectivity index (χ3v) is 3.35. The second-order valence-electron chi connectivity index (χ2n) is 5.63. The molecule has 0 saturated carbocycles. The second-order valence-corrected chi connectivity index (χ2v) is 5.63. The summed E-state index contributed by atoms with van der Waals surface area (Å²) in [6.07, 6.45) is 1.97. The maximum absolute atomic E-state index is 4.61. The van der Waals surface area contributed by atoms with Gasteiger partial charge in [-0.1, -0.05) is 38.1 Å². The molecule has 0 saturated heterocycles. The average molecular weight is 283 g/mol. The van der Waals surface area contributed by atoms with Gasteiger partial charge in [-0.05, 0) is 43.1 Å². The van der Waals surface area contributed by atoms with Crippen LogP contribution in [0.1, 0.15) is 26.3 Å². The van der Waals surface area contributed by atoms with Crippen molar-refractivity contribution >= 4 is 11.5 Å². The fraction of sp³-hybridized carbons (Fsp3) is 0.389. The molecule has 0 bridgehead atoms. The van der Waals surface area contributed by atoms with E-state index < -0.39 is 0 Å². The molecule has 0 fully saturated rings. The van der Waals surface area contributed by atoms with Gasteiger partial charge in [-0.2, -0.15) is 0 Å². The van der Waals surface area contributed by atoms with Crippen LogP contribution in [0.5, 0.6) is 0 Å². The van der Waals surface area contributed by atoms with Crippen LogP contribution in [0, 0.1) is 5.92 Å². The van der Waals surface area contributed by atoms with Gasteiger partial charge in [0.25, 0.3) is 0 Å². The average Bonchev–Trinajstić information content (AvgIpc) is 2.50. The number of hydrogen-bond donors (Lipinski definition) is 1. The summed E-state index contributed by atoms with van der Waals surface area (Å²) in [7, 11) is 0. The van der Waals surface area contributed by atoms with Crippen LogP contribution in [0.25, 0.3) is 0 Å². The first-order valence-electron chi connectivity index (χ1n) is 7.69. The maximum atomic E-state index is 4.61. The van der Waals surface area contributed by atoms with Crippen molar-refractivity contribution in [1.29, 1.82) is 0 Å². The Morgan fingerprint density at radius 1 is 1.10 bits per heavy atom. The first-order chi connectivity index (χ1) is 10.2. The topological polar surface area (TPSA) is 28.2 Å². The highest BCUT2D eigenvalue weighted by atomic mass is 15.2. The van der Waals surface area contributed by atoms with Crippen LogP contribution in [-0.4, -0.2) is 18.1 Å². The van der Waals surface area contributed by atoms with Gasteiger partial charge in [0.1, 0.15) is 5.82 Å². The molecule has 0 aliphatic rings. The molecule has 21 heavy (non-hydrogen) atoms. The van der Waals surface area contributed by atoms with E-state index in [4.69, 9.17) is 0 Å². The zero-order valence-corrected chi connectivity index (χ0v) is 13.2. The third-order valence-electron chi connectivity index (χ3n) is 3.35. The molecule has 0 aliphatic heterocycles. The standard InChI is InChI=1S/C18H25N3/c1-4-21(17-8-6-5-7-9-17)18-11-10-16(14-20-18)13-19-12-15(2)3/h5-11,14-15,19H,4,12-13H2,1-3H3. The van der Waals surface area contributed by atoms with Crippen LogP contribution < -0.4 is 10.2 Å². The molecular formula is C18H25N3. The van der Waals surface area contributed by atoms with E-state index in [0.717, 1.165) is 25.5 Å². The smallest absolute Gasteiger partial charge is 0.132 e. The summed E-state index contributed by atoms with van der Waals surface area (Å²) in [4.78, 5) is 6.82. The summed E-state index contributed by atoms with van der Waals surface area (Å²) in [5, 5.41) is 3.44. The van der Waals surface area contributed by atoms with E-state index in [1.807, 2.05) is 12.3 Å². The zero-order chi connectivity index (χ0) is 15.1. The van der Waals surface area contributed by atoms with Gasteiger partial charge in [0.2, 0.25) is 0 Å². The summed E-state index contributed by atoms with van der Waals surface area (Å²) in [5.41, 5.74) is 2.40. The number of para-hydroxylation sites is 1. The maximum Gasteiger partial charge on any atom is 0.132 e. The SMILES string of the molecule is CCN(c1ccccc1)c1ccc(CNCC(C)C)cn1. The fourth-order valence-corrected chi connectivity index (χ4v) is 2.27. The summed E-state index contributed by atoms with van der Waals surface area (Å²) < 4.78 is 0. The normalized spacial score (nSPS) is 10.9. The molecule has 0 aliphatic carbocycles. The molecule has 1 heterocycles. The lowest BCUT2D eigenvalue weighted by Gasteiger charge is -2.22. The predicted molar refractivity (Wildman–Crippen MR) is 89.9 cm³/mol. The van der Waals surface area contributed by atoms with E-state index in [9.17, 15) is 0 Å². The molecule has 0 unspecified atom stereocenters. The first kappa shape index (κ1) is 15.5. The molecule has 3 nitrogen and oxygen atoms in total. The second kappa shape index (κ2) is 7.79. The van der Waals surface area contributed by atoms with Crippen LogP contribution in [0.2, 0.25) is 0 Å². The van der Waals surface area contributed by atoms with E-state index in [-0.39, 0.29) is 0 Å². The Kier molecular flexibility index (Phi) is 5.76. The molecule has 0 spiro atoms. The lowest BCUT2D eigenvalue weighted by Crippen LogP contribution is -2.20. The molecule has 1 N–H and O–H groups in total. The summed E-state index contributed by atoms with van der Waals surface area (Å²) in [6.45, 7) is 9.39. The number of aromatic nitrogens is 1. The minimum atomic E-state index is 0.672. The quantitative estimate of drug-likeness (QED) is 0.833. The molecule has 1 aromatic heterocycles. The Balaban J connectivity index is 2.03. The van der Waals surface area contributed by atoms with Crippen molar-refractivity contribution < 1.29 is 0 Å². The number of pyridine rings is 1. The largest absolute Gasteiger partial charge is 0.327 e. The van der Waals surface area contributed by atoms with Gasteiger partial charge in [-0.25, -0.2) is 4.98 Å². The van der Waals surface area contributed by atoms with Crippen molar-refractivity contribution in [3.8, 4) is 0 Å². The van der Waals surface area contributed by atoms with Gasteiger partial charge in [-0.3, -0.25) is 0 Å². The molecule has 1 aromatic carbocycles. The Labute approximate surface area is 128 Å². The van der Waals surface area contributed by atoms with Crippen molar-refractivity contribution in [2.24, 2.45) is 5.92 Å². The first-order valence-corrected chi connectivity index (χ1v) is 7.69. The third kappa shape index (κ3) is 4.57. The van der Waals surface area contributed by atoms with Crippen LogP contribution in [0.3, 0.4) is 0 Å². The molecule has 2 aromatic rings. The number of nitrogens with one attached hydrogen (secondary N) is 1. The van der Waals surface area contributed by atoms with Crippen molar-refractivity contribution in [2.45, 2.75) is 27.3 Å². The molecule has 112 valence electrons. The molecular weight excluding hydrogens is 258 g/mol.